The van der Waals surface area contributed by atoms with Crippen molar-refractivity contribution in [3.05, 3.63) is 0 Å². The Kier molecular flexibility index (Phi) is 6.32. The second-order valence-corrected chi connectivity index (χ2v) is 5.16. The van der Waals surface area contributed by atoms with E-state index in [4.69, 9.17) is 4.74 Å². The van der Waals surface area contributed by atoms with Gasteiger partial charge in [0, 0.05) is 13.1 Å². The first-order chi connectivity index (χ1) is 7.64. The fourth-order valence-corrected chi connectivity index (χ4v) is 2.01. The molecule has 0 aliphatic heterocycles. The van der Waals surface area contributed by atoms with Crippen LogP contribution in [-0.2, 0) is 4.74 Å². The molecule has 96 valence electrons. The fourth-order valence-electron chi connectivity index (χ4n) is 2.01. The summed E-state index contributed by atoms with van der Waals surface area (Å²) in [6.45, 7) is 6.12. The predicted molar refractivity (Wildman–Crippen MR) is 66.6 cm³/mol. The maximum atomic E-state index is 9.77. The molecule has 1 fully saturated rings. The van der Waals surface area contributed by atoms with E-state index >= 15 is 0 Å². The summed E-state index contributed by atoms with van der Waals surface area (Å²) in [4.78, 5) is 0. The van der Waals surface area contributed by atoms with E-state index in [2.05, 4.69) is 5.32 Å². The summed E-state index contributed by atoms with van der Waals surface area (Å²) in [6.07, 6.45) is 7.74. The van der Waals surface area contributed by atoms with Crippen molar-refractivity contribution in [1.82, 2.24) is 5.32 Å². The third-order valence-electron chi connectivity index (χ3n) is 3.45. The van der Waals surface area contributed by atoms with Gasteiger partial charge in [-0.15, -0.1) is 0 Å². The highest BCUT2D eigenvalue weighted by Gasteiger charge is 2.16. The Morgan fingerprint density at radius 1 is 1.31 bits per heavy atom. The number of nitrogens with one attached hydrogen (secondary N) is 1. The van der Waals surface area contributed by atoms with E-state index in [9.17, 15) is 5.11 Å². The Morgan fingerprint density at radius 2 is 2.00 bits per heavy atom. The van der Waals surface area contributed by atoms with Crippen LogP contribution < -0.4 is 5.32 Å². The molecule has 1 aliphatic carbocycles. The van der Waals surface area contributed by atoms with Gasteiger partial charge >= 0.3 is 0 Å². The van der Waals surface area contributed by atoms with Crippen LogP contribution in [0.2, 0.25) is 0 Å². The predicted octanol–water partition coefficient (Wildman–Crippen LogP) is 2.09. The van der Waals surface area contributed by atoms with Crippen molar-refractivity contribution < 1.29 is 9.84 Å². The van der Waals surface area contributed by atoms with Crippen molar-refractivity contribution in [1.29, 1.82) is 0 Å². The lowest BCUT2D eigenvalue weighted by atomic mass is 9.98. The Bertz CT molecular complexity index is 177. The molecule has 0 spiro atoms. The van der Waals surface area contributed by atoms with Crippen LogP contribution >= 0.6 is 0 Å². The minimum atomic E-state index is -0.579. The molecule has 1 rings (SSSR count). The number of rotatable bonds is 7. The van der Waals surface area contributed by atoms with Gasteiger partial charge in [-0.25, -0.2) is 0 Å². The van der Waals surface area contributed by atoms with E-state index in [0.717, 1.165) is 19.6 Å². The molecule has 1 aliphatic rings. The molecular weight excluding hydrogens is 202 g/mol. The van der Waals surface area contributed by atoms with E-state index in [1.165, 1.54) is 32.1 Å². The standard InChI is InChI=1S/C13H27NO2/c1-3-13(2,15)11-14-9-10-16-12-7-5-4-6-8-12/h12,14-15H,3-11H2,1-2H3. The lowest BCUT2D eigenvalue weighted by Gasteiger charge is -2.24. The zero-order valence-corrected chi connectivity index (χ0v) is 10.8. The molecule has 1 unspecified atom stereocenters. The number of hydrogen-bond acceptors (Lipinski definition) is 3. The van der Waals surface area contributed by atoms with Gasteiger partial charge in [0.25, 0.3) is 0 Å². The van der Waals surface area contributed by atoms with Crippen LogP contribution in [0.25, 0.3) is 0 Å². The Hall–Kier alpha value is -0.120. The van der Waals surface area contributed by atoms with Gasteiger partial charge in [0.2, 0.25) is 0 Å². The molecule has 0 amide bonds. The van der Waals surface area contributed by atoms with Gasteiger partial charge in [0.1, 0.15) is 0 Å². The smallest absolute Gasteiger partial charge is 0.0741 e. The highest BCUT2D eigenvalue weighted by Crippen LogP contribution is 2.19. The molecule has 2 N–H and O–H groups in total. The molecule has 1 saturated carbocycles. The van der Waals surface area contributed by atoms with Crippen LogP contribution in [0, 0.1) is 0 Å². The van der Waals surface area contributed by atoms with Crippen LogP contribution in [0.1, 0.15) is 52.4 Å². The summed E-state index contributed by atoms with van der Waals surface area (Å²) in [5.41, 5.74) is -0.579. The van der Waals surface area contributed by atoms with Crippen molar-refractivity contribution >= 4 is 0 Å². The lowest BCUT2D eigenvalue weighted by Crippen LogP contribution is -2.38. The maximum absolute atomic E-state index is 9.77. The van der Waals surface area contributed by atoms with Gasteiger partial charge in [-0.1, -0.05) is 26.2 Å². The van der Waals surface area contributed by atoms with Crippen LogP contribution in [0.3, 0.4) is 0 Å². The van der Waals surface area contributed by atoms with Crippen LogP contribution in [0.15, 0.2) is 0 Å². The van der Waals surface area contributed by atoms with Gasteiger partial charge in [0.15, 0.2) is 0 Å². The first kappa shape index (κ1) is 13.9. The molecule has 16 heavy (non-hydrogen) atoms. The first-order valence-corrected chi connectivity index (χ1v) is 6.69. The topological polar surface area (TPSA) is 41.5 Å². The summed E-state index contributed by atoms with van der Waals surface area (Å²) in [6, 6.07) is 0. The van der Waals surface area contributed by atoms with E-state index in [1.54, 1.807) is 0 Å². The van der Waals surface area contributed by atoms with E-state index in [0.29, 0.717) is 12.6 Å². The number of ether oxygens (including phenoxy) is 1. The monoisotopic (exact) mass is 229 g/mol. The second-order valence-electron chi connectivity index (χ2n) is 5.16. The van der Waals surface area contributed by atoms with Gasteiger partial charge in [-0.3, -0.25) is 0 Å². The molecule has 0 saturated heterocycles. The third kappa shape index (κ3) is 5.83. The number of hydrogen-bond donors (Lipinski definition) is 2. The molecule has 0 aromatic carbocycles. The Morgan fingerprint density at radius 3 is 2.62 bits per heavy atom. The molecule has 0 radical (unpaired) electrons. The van der Waals surface area contributed by atoms with Gasteiger partial charge in [0.05, 0.1) is 18.3 Å². The molecule has 3 nitrogen and oxygen atoms in total. The molecule has 1 atom stereocenters. The van der Waals surface area contributed by atoms with E-state index in [-0.39, 0.29) is 0 Å². The van der Waals surface area contributed by atoms with Crippen LogP contribution in [0.5, 0.6) is 0 Å². The SMILES string of the molecule is CCC(C)(O)CNCCOC1CCCCC1. The number of aliphatic hydroxyl groups is 1. The molecular formula is C13H27NO2. The average Bonchev–Trinajstić information content (AvgIpc) is 2.30. The van der Waals surface area contributed by atoms with Crippen molar-refractivity contribution in [2.24, 2.45) is 0 Å². The van der Waals surface area contributed by atoms with Crippen LogP contribution in [-0.4, -0.2) is 36.5 Å². The third-order valence-corrected chi connectivity index (χ3v) is 3.45. The first-order valence-electron chi connectivity index (χ1n) is 6.69. The van der Waals surface area contributed by atoms with Gasteiger partial charge in [-0.05, 0) is 26.2 Å². The van der Waals surface area contributed by atoms with Crippen molar-refractivity contribution in [3.63, 3.8) is 0 Å². The Balaban J connectivity index is 1.95. The van der Waals surface area contributed by atoms with Crippen molar-refractivity contribution in [2.45, 2.75) is 64.1 Å². The summed E-state index contributed by atoms with van der Waals surface area (Å²) in [5.74, 6) is 0. The highest BCUT2D eigenvalue weighted by atomic mass is 16.5. The lowest BCUT2D eigenvalue weighted by molar-refractivity contribution is 0.0233. The molecule has 3 heteroatoms. The summed E-state index contributed by atoms with van der Waals surface area (Å²) in [7, 11) is 0. The molecule has 0 aromatic heterocycles. The summed E-state index contributed by atoms with van der Waals surface area (Å²) in [5, 5.41) is 13.0. The highest BCUT2D eigenvalue weighted by molar-refractivity contribution is 4.73. The minimum Gasteiger partial charge on any atom is -0.389 e. The Labute approximate surface area is 99.6 Å². The van der Waals surface area contributed by atoms with Crippen molar-refractivity contribution in [2.75, 3.05) is 19.7 Å². The van der Waals surface area contributed by atoms with Crippen LogP contribution in [0.4, 0.5) is 0 Å². The van der Waals surface area contributed by atoms with Gasteiger partial charge < -0.3 is 15.2 Å². The van der Waals surface area contributed by atoms with E-state index in [1.807, 2.05) is 13.8 Å². The zero-order valence-electron chi connectivity index (χ0n) is 10.8. The van der Waals surface area contributed by atoms with E-state index < -0.39 is 5.60 Å². The van der Waals surface area contributed by atoms with Crippen molar-refractivity contribution in [3.8, 4) is 0 Å². The zero-order chi connectivity index (χ0) is 11.9. The second kappa shape index (κ2) is 7.25. The summed E-state index contributed by atoms with van der Waals surface area (Å²) < 4.78 is 5.79. The summed E-state index contributed by atoms with van der Waals surface area (Å²) >= 11 is 0. The maximum Gasteiger partial charge on any atom is 0.0741 e. The molecule has 0 aromatic rings. The average molecular weight is 229 g/mol. The molecule has 0 bridgehead atoms. The normalized spacial score (nSPS) is 21.9. The molecule has 0 heterocycles. The largest absolute Gasteiger partial charge is 0.389 e. The fraction of sp³-hybridized carbons (Fsp3) is 1.00. The van der Waals surface area contributed by atoms with Gasteiger partial charge in [-0.2, -0.15) is 0 Å². The quantitative estimate of drug-likeness (QED) is 0.657. The minimum absolute atomic E-state index is 0.488.